The predicted molar refractivity (Wildman–Crippen MR) is 70.1 cm³/mol. The molecule has 0 spiro atoms. The van der Waals surface area contributed by atoms with E-state index in [1.54, 1.807) is 0 Å². The van der Waals surface area contributed by atoms with Crippen LogP contribution in [0.2, 0.25) is 0 Å². The van der Waals surface area contributed by atoms with Gasteiger partial charge in [0.15, 0.2) is 0 Å². The lowest BCUT2D eigenvalue weighted by molar-refractivity contribution is -0.128. The van der Waals surface area contributed by atoms with Gasteiger partial charge in [-0.05, 0) is 37.4 Å². The summed E-state index contributed by atoms with van der Waals surface area (Å²) >= 11 is 0. The minimum Gasteiger partial charge on any atom is -0.315 e. The van der Waals surface area contributed by atoms with Crippen molar-refractivity contribution in [3.63, 3.8) is 0 Å². The lowest BCUT2D eigenvalue weighted by Crippen LogP contribution is -2.44. The second kappa shape index (κ2) is 4.89. The predicted octanol–water partition coefficient (Wildman–Crippen LogP) is 1.94. The third-order valence-electron chi connectivity index (χ3n) is 4.46. The van der Waals surface area contributed by atoms with E-state index >= 15 is 0 Å². The molecular weight excluding hydrogens is 245 g/mol. The van der Waals surface area contributed by atoms with Crippen LogP contribution in [-0.4, -0.2) is 24.0 Å². The summed E-state index contributed by atoms with van der Waals surface area (Å²) in [5.74, 6) is 0.481. The van der Waals surface area contributed by atoms with E-state index < -0.39 is 5.82 Å². The third-order valence-corrected chi connectivity index (χ3v) is 4.46. The average molecular weight is 263 g/mol. The number of carbonyl (C=O) groups excluding carboxylic acids is 1. The van der Waals surface area contributed by atoms with Crippen LogP contribution in [0.4, 0.5) is 10.2 Å². The summed E-state index contributed by atoms with van der Waals surface area (Å²) in [4.78, 5) is 16.5. The van der Waals surface area contributed by atoms with E-state index in [0.717, 1.165) is 38.5 Å². The van der Waals surface area contributed by atoms with Crippen molar-refractivity contribution in [2.45, 2.75) is 25.7 Å². The average Bonchev–Trinajstić information content (AvgIpc) is 2.86. The highest BCUT2D eigenvalue weighted by atomic mass is 19.1. The summed E-state index contributed by atoms with van der Waals surface area (Å²) in [5.41, 5.74) is -0.297. The van der Waals surface area contributed by atoms with Gasteiger partial charge in [-0.2, -0.15) is 0 Å². The van der Waals surface area contributed by atoms with Gasteiger partial charge >= 0.3 is 0 Å². The summed E-state index contributed by atoms with van der Waals surface area (Å²) in [6.45, 7) is 1.66. The molecule has 19 heavy (non-hydrogen) atoms. The van der Waals surface area contributed by atoms with Gasteiger partial charge in [-0.3, -0.25) is 4.79 Å². The fourth-order valence-corrected chi connectivity index (χ4v) is 3.38. The van der Waals surface area contributed by atoms with Crippen LogP contribution in [0.15, 0.2) is 18.3 Å². The van der Waals surface area contributed by atoms with Crippen molar-refractivity contribution in [3.05, 3.63) is 24.1 Å². The van der Waals surface area contributed by atoms with E-state index in [0.29, 0.717) is 11.7 Å². The zero-order valence-corrected chi connectivity index (χ0v) is 10.8. The normalized spacial score (nSPS) is 29.8. The van der Waals surface area contributed by atoms with Crippen molar-refractivity contribution in [2.24, 2.45) is 11.3 Å². The molecule has 0 bridgehead atoms. The van der Waals surface area contributed by atoms with Gasteiger partial charge in [-0.25, -0.2) is 9.37 Å². The molecule has 5 heteroatoms. The lowest BCUT2D eigenvalue weighted by Gasteiger charge is -2.36. The van der Waals surface area contributed by atoms with Crippen LogP contribution in [-0.2, 0) is 4.79 Å². The van der Waals surface area contributed by atoms with Crippen LogP contribution < -0.4 is 10.6 Å². The topological polar surface area (TPSA) is 54.0 Å². The van der Waals surface area contributed by atoms with Crippen molar-refractivity contribution < 1.29 is 9.18 Å². The Hall–Kier alpha value is -1.49. The second-order valence-corrected chi connectivity index (χ2v) is 5.55. The maximum Gasteiger partial charge on any atom is 0.233 e. The van der Waals surface area contributed by atoms with Gasteiger partial charge in [0.25, 0.3) is 0 Å². The van der Waals surface area contributed by atoms with E-state index in [2.05, 4.69) is 15.6 Å². The first-order valence-corrected chi connectivity index (χ1v) is 6.84. The van der Waals surface area contributed by atoms with Crippen molar-refractivity contribution in [1.29, 1.82) is 0 Å². The minimum atomic E-state index is -0.394. The van der Waals surface area contributed by atoms with Gasteiger partial charge in [0.1, 0.15) is 11.6 Å². The van der Waals surface area contributed by atoms with Gasteiger partial charge in [-0.15, -0.1) is 0 Å². The molecule has 2 fully saturated rings. The lowest BCUT2D eigenvalue weighted by atomic mass is 9.67. The van der Waals surface area contributed by atoms with Crippen molar-refractivity contribution >= 4 is 11.7 Å². The molecule has 2 atom stereocenters. The molecule has 1 amide bonds. The zero-order valence-electron chi connectivity index (χ0n) is 10.8. The molecule has 0 aromatic carbocycles. The number of anilines is 1. The van der Waals surface area contributed by atoms with E-state index in [-0.39, 0.29) is 11.3 Å². The Labute approximate surface area is 111 Å². The van der Waals surface area contributed by atoms with Crippen LogP contribution in [0.3, 0.4) is 0 Å². The number of carbonyl (C=O) groups is 1. The molecule has 0 unspecified atom stereocenters. The molecule has 1 aromatic rings. The van der Waals surface area contributed by atoms with Crippen LogP contribution in [0.1, 0.15) is 25.7 Å². The molecule has 2 aliphatic rings. The Bertz CT molecular complexity index is 476. The molecule has 1 aliphatic carbocycles. The number of fused-ring (bicyclic) bond motifs is 1. The first-order valence-electron chi connectivity index (χ1n) is 6.84. The van der Waals surface area contributed by atoms with E-state index in [1.165, 1.54) is 18.6 Å². The number of rotatable bonds is 2. The number of hydrogen-bond donors (Lipinski definition) is 2. The Morgan fingerprint density at radius 2 is 2.37 bits per heavy atom. The summed E-state index contributed by atoms with van der Waals surface area (Å²) in [5, 5.41) is 6.18. The van der Waals surface area contributed by atoms with E-state index in [4.69, 9.17) is 0 Å². The number of aromatic nitrogens is 1. The molecule has 1 saturated carbocycles. The molecule has 2 N–H and O–H groups in total. The van der Waals surface area contributed by atoms with Gasteiger partial charge < -0.3 is 10.6 Å². The SMILES string of the molecule is O=C(Nc1ccc(F)cn1)[C@@]12CCCC[C@H]1CNC2. The Morgan fingerprint density at radius 1 is 1.47 bits per heavy atom. The molecule has 3 rings (SSSR count). The minimum absolute atomic E-state index is 0.0290. The summed E-state index contributed by atoms with van der Waals surface area (Å²) < 4.78 is 12.8. The number of nitrogens with zero attached hydrogens (tertiary/aromatic N) is 1. The Morgan fingerprint density at radius 3 is 3.16 bits per heavy atom. The van der Waals surface area contributed by atoms with Crippen molar-refractivity contribution in [3.8, 4) is 0 Å². The quantitative estimate of drug-likeness (QED) is 0.857. The highest BCUT2D eigenvalue weighted by Gasteiger charge is 2.49. The number of nitrogens with one attached hydrogen (secondary N) is 2. The van der Waals surface area contributed by atoms with Crippen molar-refractivity contribution in [1.82, 2.24) is 10.3 Å². The molecule has 0 radical (unpaired) electrons. The molecule has 1 aliphatic heterocycles. The summed E-state index contributed by atoms with van der Waals surface area (Å²) in [6, 6.07) is 2.82. The molecule has 102 valence electrons. The Balaban J connectivity index is 1.77. The van der Waals surface area contributed by atoms with E-state index in [9.17, 15) is 9.18 Å². The van der Waals surface area contributed by atoms with Crippen LogP contribution >= 0.6 is 0 Å². The summed E-state index contributed by atoms with van der Waals surface area (Å²) in [7, 11) is 0. The largest absolute Gasteiger partial charge is 0.315 e. The van der Waals surface area contributed by atoms with Crippen LogP contribution in [0, 0.1) is 17.2 Å². The fraction of sp³-hybridized carbons (Fsp3) is 0.571. The highest BCUT2D eigenvalue weighted by Crippen LogP contribution is 2.44. The number of pyridine rings is 1. The molecule has 1 saturated heterocycles. The molecule has 4 nitrogen and oxygen atoms in total. The number of amides is 1. The molecular formula is C14H18FN3O. The smallest absolute Gasteiger partial charge is 0.233 e. The van der Waals surface area contributed by atoms with Gasteiger partial charge in [0.2, 0.25) is 5.91 Å². The number of hydrogen-bond acceptors (Lipinski definition) is 3. The molecule has 2 heterocycles. The second-order valence-electron chi connectivity index (χ2n) is 5.55. The van der Waals surface area contributed by atoms with Gasteiger partial charge in [0, 0.05) is 6.54 Å². The molecule has 1 aromatic heterocycles. The third kappa shape index (κ3) is 2.23. The monoisotopic (exact) mass is 263 g/mol. The standard InChI is InChI=1S/C14H18FN3O/c15-11-4-5-12(17-8-11)18-13(19)14-6-2-1-3-10(14)7-16-9-14/h4-5,8,10,16H,1-3,6-7,9H2,(H,17,18,19)/t10-,14+/m0/s1. The fourth-order valence-electron chi connectivity index (χ4n) is 3.38. The summed E-state index contributed by atoms with van der Waals surface area (Å²) in [6.07, 6.45) is 5.46. The first-order chi connectivity index (χ1) is 9.21. The highest BCUT2D eigenvalue weighted by molar-refractivity contribution is 5.95. The van der Waals surface area contributed by atoms with Crippen molar-refractivity contribution in [2.75, 3.05) is 18.4 Å². The Kier molecular flexibility index (Phi) is 3.22. The van der Waals surface area contributed by atoms with Crippen LogP contribution in [0.5, 0.6) is 0 Å². The van der Waals surface area contributed by atoms with E-state index in [1.807, 2.05) is 0 Å². The maximum absolute atomic E-state index is 12.8. The van der Waals surface area contributed by atoms with Gasteiger partial charge in [0.05, 0.1) is 11.6 Å². The number of halogens is 1. The zero-order chi connectivity index (χ0) is 13.3. The van der Waals surface area contributed by atoms with Crippen LogP contribution in [0.25, 0.3) is 0 Å². The maximum atomic E-state index is 12.8. The first kappa shape index (κ1) is 12.5. The van der Waals surface area contributed by atoms with Gasteiger partial charge in [-0.1, -0.05) is 12.8 Å².